The van der Waals surface area contributed by atoms with Crippen LogP contribution in [0.1, 0.15) is 33.5 Å². The van der Waals surface area contributed by atoms with Crippen molar-refractivity contribution in [1.29, 1.82) is 0 Å². The van der Waals surface area contributed by atoms with E-state index < -0.39 is 0 Å². The molecule has 21 heavy (non-hydrogen) atoms. The number of hydrogen-bond acceptors (Lipinski definition) is 2. The zero-order valence-corrected chi connectivity index (χ0v) is 12.5. The molecular weight excluding hydrogens is 260 g/mol. The fourth-order valence-corrected chi connectivity index (χ4v) is 2.81. The number of rotatable bonds is 2. The molecular formula is C18H20N2O. The molecule has 3 nitrogen and oxygen atoms in total. The van der Waals surface area contributed by atoms with Gasteiger partial charge in [-0.3, -0.25) is 4.79 Å². The third kappa shape index (κ3) is 2.77. The first-order valence-corrected chi connectivity index (χ1v) is 7.39. The Kier molecular flexibility index (Phi) is 3.65. The summed E-state index contributed by atoms with van der Waals surface area (Å²) in [5.74, 6) is -0.0410. The van der Waals surface area contributed by atoms with E-state index in [2.05, 4.69) is 10.6 Å². The van der Waals surface area contributed by atoms with Gasteiger partial charge < -0.3 is 10.6 Å². The van der Waals surface area contributed by atoms with Gasteiger partial charge in [-0.25, -0.2) is 0 Å². The molecule has 1 aliphatic rings. The number of nitrogens with one attached hydrogen (secondary N) is 2. The molecule has 2 aromatic carbocycles. The van der Waals surface area contributed by atoms with Crippen molar-refractivity contribution in [2.75, 3.05) is 17.2 Å². The number of para-hydroxylation sites is 1. The fraction of sp³-hybridized carbons (Fsp3) is 0.278. The first-order chi connectivity index (χ1) is 10.1. The van der Waals surface area contributed by atoms with E-state index in [0.717, 1.165) is 47.5 Å². The average Bonchev–Trinajstić information content (AvgIpc) is 2.50. The predicted octanol–water partition coefficient (Wildman–Crippen LogP) is 3.91. The predicted molar refractivity (Wildman–Crippen MR) is 87.1 cm³/mol. The first-order valence-electron chi connectivity index (χ1n) is 7.39. The Morgan fingerprint density at radius 3 is 2.67 bits per heavy atom. The molecule has 0 atom stereocenters. The van der Waals surface area contributed by atoms with Crippen molar-refractivity contribution < 1.29 is 4.79 Å². The van der Waals surface area contributed by atoms with Crippen molar-refractivity contribution >= 4 is 17.3 Å². The monoisotopic (exact) mass is 280 g/mol. The summed E-state index contributed by atoms with van der Waals surface area (Å²) >= 11 is 0. The molecule has 0 fully saturated rings. The highest BCUT2D eigenvalue weighted by atomic mass is 16.1. The van der Waals surface area contributed by atoms with Gasteiger partial charge in [-0.2, -0.15) is 0 Å². The first kappa shape index (κ1) is 13.7. The Balaban J connectivity index is 1.86. The number of benzene rings is 2. The van der Waals surface area contributed by atoms with E-state index in [1.807, 2.05) is 50.2 Å². The van der Waals surface area contributed by atoms with Crippen LogP contribution in [0.3, 0.4) is 0 Å². The standard InChI is InChI=1S/C18H20N2O/c1-12-5-3-6-13(2)17(12)20-18(21)15-8-9-16-14(11-15)7-4-10-19-16/h3,5-6,8-9,11,19H,4,7,10H2,1-2H3,(H,20,21). The van der Waals surface area contributed by atoms with Crippen LogP contribution in [0.5, 0.6) is 0 Å². The maximum atomic E-state index is 12.5. The molecule has 2 N–H and O–H groups in total. The summed E-state index contributed by atoms with van der Waals surface area (Å²) < 4.78 is 0. The average molecular weight is 280 g/mol. The molecule has 0 saturated carbocycles. The van der Waals surface area contributed by atoms with Crippen molar-refractivity contribution in [3.05, 3.63) is 58.7 Å². The largest absolute Gasteiger partial charge is 0.385 e. The topological polar surface area (TPSA) is 41.1 Å². The zero-order valence-electron chi connectivity index (χ0n) is 12.5. The smallest absolute Gasteiger partial charge is 0.255 e. The van der Waals surface area contributed by atoms with Crippen molar-refractivity contribution in [1.82, 2.24) is 0 Å². The van der Waals surface area contributed by atoms with Crippen LogP contribution in [0.25, 0.3) is 0 Å². The SMILES string of the molecule is Cc1cccc(C)c1NC(=O)c1ccc2c(c1)CCCN2. The van der Waals surface area contributed by atoms with Crippen LogP contribution in [-0.2, 0) is 6.42 Å². The van der Waals surface area contributed by atoms with Gasteiger partial charge in [-0.15, -0.1) is 0 Å². The minimum absolute atomic E-state index is 0.0410. The highest BCUT2D eigenvalue weighted by Crippen LogP contribution is 2.24. The summed E-state index contributed by atoms with van der Waals surface area (Å²) in [6.07, 6.45) is 2.15. The summed E-state index contributed by atoms with van der Waals surface area (Å²) in [4.78, 5) is 12.5. The van der Waals surface area contributed by atoms with E-state index in [1.165, 1.54) is 5.56 Å². The molecule has 0 spiro atoms. The number of carbonyl (C=O) groups is 1. The third-order valence-corrected chi connectivity index (χ3v) is 4.03. The quantitative estimate of drug-likeness (QED) is 0.875. The molecule has 0 unspecified atom stereocenters. The normalized spacial score (nSPS) is 13.2. The molecule has 0 aliphatic carbocycles. The van der Waals surface area contributed by atoms with Crippen molar-refractivity contribution in [2.45, 2.75) is 26.7 Å². The molecule has 3 heteroatoms. The summed E-state index contributed by atoms with van der Waals surface area (Å²) in [6.45, 7) is 5.04. The fourth-order valence-electron chi connectivity index (χ4n) is 2.81. The van der Waals surface area contributed by atoms with Gasteiger partial charge in [0.25, 0.3) is 5.91 Å². The van der Waals surface area contributed by atoms with E-state index in [-0.39, 0.29) is 5.91 Å². The molecule has 0 aromatic heterocycles. The highest BCUT2D eigenvalue weighted by molar-refractivity contribution is 6.05. The maximum Gasteiger partial charge on any atom is 0.255 e. The van der Waals surface area contributed by atoms with Gasteiger partial charge in [0.05, 0.1) is 0 Å². The van der Waals surface area contributed by atoms with Gasteiger partial charge in [0.2, 0.25) is 0 Å². The molecule has 2 aromatic rings. The van der Waals surface area contributed by atoms with Crippen LogP contribution in [0.4, 0.5) is 11.4 Å². The van der Waals surface area contributed by atoms with E-state index >= 15 is 0 Å². The second kappa shape index (κ2) is 5.60. The van der Waals surface area contributed by atoms with Crippen LogP contribution < -0.4 is 10.6 Å². The summed E-state index contributed by atoms with van der Waals surface area (Å²) in [6, 6.07) is 11.9. The third-order valence-electron chi connectivity index (χ3n) is 4.03. The number of fused-ring (bicyclic) bond motifs is 1. The summed E-state index contributed by atoms with van der Waals surface area (Å²) in [5, 5.41) is 6.41. The number of carbonyl (C=O) groups excluding carboxylic acids is 1. The van der Waals surface area contributed by atoms with E-state index in [1.54, 1.807) is 0 Å². The number of anilines is 2. The van der Waals surface area contributed by atoms with Gasteiger partial charge in [-0.05, 0) is 61.6 Å². The van der Waals surface area contributed by atoms with E-state index in [4.69, 9.17) is 0 Å². The lowest BCUT2D eigenvalue weighted by atomic mass is 10.0. The van der Waals surface area contributed by atoms with Gasteiger partial charge in [0, 0.05) is 23.5 Å². The molecule has 0 radical (unpaired) electrons. The highest BCUT2D eigenvalue weighted by Gasteiger charge is 2.13. The van der Waals surface area contributed by atoms with Crippen LogP contribution in [0, 0.1) is 13.8 Å². The summed E-state index contributed by atoms with van der Waals surface area (Å²) in [5.41, 5.74) is 6.20. The second-order valence-electron chi connectivity index (χ2n) is 5.62. The molecule has 1 aliphatic heterocycles. The van der Waals surface area contributed by atoms with Crippen LogP contribution in [0.2, 0.25) is 0 Å². The Morgan fingerprint density at radius 2 is 1.90 bits per heavy atom. The van der Waals surface area contributed by atoms with Gasteiger partial charge in [0.15, 0.2) is 0 Å². The molecule has 0 saturated heterocycles. The van der Waals surface area contributed by atoms with Crippen molar-refractivity contribution in [3.63, 3.8) is 0 Å². The molecule has 1 amide bonds. The van der Waals surface area contributed by atoms with Crippen molar-refractivity contribution in [2.24, 2.45) is 0 Å². The van der Waals surface area contributed by atoms with E-state index in [9.17, 15) is 4.79 Å². The van der Waals surface area contributed by atoms with Crippen LogP contribution in [-0.4, -0.2) is 12.5 Å². The Labute approximate surface area is 125 Å². The lowest BCUT2D eigenvalue weighted by Crippen LogP contribution is -2.16. The number of amides is 1. The van der Waals surface area contributed by atoms with E-state index in [0.29, 0.717) is 0 Å². The Hall–Kier alpha value is -2.29. The second-order valence-corrected chi connectivity index (χ2v) is 5.62. The van der Waals surface area contributed by atoms with Gasteiger partial charge >= 0.3 is 0 Å². The molecule has 1 heterocycles. The minimum atomic E-state index is -0.0410. The molecule has 0 bridgehead atoms. The lowest BCUT2D eigenvalue weighted by molar-refractivity contribution is 0.102. The maximum absolute atomic E-state index is 12.5. The van der Waals surface area contributed by atoms with Crippen molar-refractivity contribution in [3.8, 4) is 0 Å². The zero-order chi connectivity index (χ0) is 14.8. The lowest BCUT2D eigenvalue weighted by Gasteiger charge is -2.19. The summed E-state index contributed by atoms with van der Waals surface area (Å²) in [7, 11) is 0. The van der Waals surface area contributed by atoms with Gasteiger partial charge in [-0.1, -0.05) is 18.2 Å². The van der Waals surface area contributed by atoms with Crippen LogP contribution >= 0.6 is 0 Å². The minimum Gasteiger partial charge on any atom is -0.385 e. The molecule has 108 valence electrons. The molecule has 3 rings (SSSR count). The number of aryl methyl sites for hydroxylation is 3. The Morgan fingerprint density at radius 1 is 1.14 bits per heavy atom. The Bertz CT molecular complexity index is 671. The number of hydrogen-bond donors (Lipinski definition) is 2. The van der Waals surface area contributed by atoms with Gasteiger partial charge in [0.1, 0.15) is 0 Å². The van der Waals surface area contributed by atoms with Crippen LogP contribution in [0.15, 0.2) is 36.4 Å².